The summed E-state index contributed by atoms with van der Waals surface area (Å²) in [5.41, 5.74) is 2.22. The van der Waals surface area contributed by atoms with Gasteiger partial charge in [0, 0.05) is 5.56 Å². The van der Waals surface area contributed by atoms with E-state index in [0.29, 0.717) is 37.9 Å². The van der Waals surface area contributed by atoms with Crippen molar-refractivity contribution >= 4 is 51.4 Å². The molecular formula is C26H18ClFN4O3S. The maximum Gasteiger partial charge on any atom is 0.283 e. The number of carbonyl (C=O) groups is 1. The van der Waals surface area contributed by atoms with E-state index in [1.807, 2.05) is 18.2 Å². The number of amidine groups is 2. The van der Waals surface area contributed by atoms with Gasteiger partial charge in [-0.05, 0) is 59.3 Å². The standard InChI is InChI=1S/C26H18ClFN4O3S/c1-34-22-13-16(8-11-21(22)35-14-15-6-9-17(28)10-7-15)12-19-23(29)32-26(30-24(19)33)36-25(31-32)18-4-2-3-5-20(18)27/h2-13,29H,14H2,1H3. The van der Waals surface area contributed by atoms with Crippen LogP contribution in [0.3, 0.4) is 0 Å². The third-order valence-corrected chi connectivity index (χ3v) is 6.64. The van der Waals surface area contributed by atoms with Crippen LogP contribution in [-0.2, 0) is 11.4 Å². The minimum atomic E-state index is -0.537. The van der Waals surface area contributed by atoms with E-state index in [2.05, 4.69) is 10.1 Å². The lowest BCUT2D eigenvalue weighted by Crippen LogP contribution is -2.35. The van der Waals surface area contributed by atoms with Crippen LogP contribution >= 0.6 is 23.4 Å². The van der Waals surface area contributed by atoms with Crippen molar-refractivity contribution in [3.8, 4) is 11.5 Å². The number of hydrazone groups is 1. The molecule has 0 spiro atoms. The number of benzene rings is 3. The molecule has 0 unspecified atom stereocenters. The normalized spacial score (nSPS) is 16.1. The number of carbonyl (C=O) groups excluding carboxylic acids is 1. The Morgan fingerprint density at radius 2 is 1.89 bits per heavy atom. The molecule has 0 radical (unpaired) electrons. The van der Waals surface area contributed by atoms with Crippen LogP contribution < -0.4 is 9.47 Å². The van der Waals surface area contributed by atoms with Gasteiger partial charge >= 0.3 is 0 Å². The summed E-state index contributed by atoms with van der Waals surface area (Å²) in [6.07, 6.45) is 1.56. The summed E-state index contributed by atoms with van der Waals surface area (Å²) in [7, 11) is 1.51. The molecule has 3 aromatic carbocycles. The predicted octanol–water partition coefficient (Wildman–Crippen LogP) is 5.73. The van der Waals surface area contributed by atoms with Crippen molar-refractivity contribution < 1.29 is 18.7 Å². The van der Waals surface area contributed by atoms with Gasteiger partial charge in [0.2, 0.25) is 5.17 Å². The van der Waals surface area contributed by atoms with E-state index in [1.165, 1.54) is 36.0 Å². The Hall–Kier alpha value is -3.95. The number of nitrogens with one attached hydrogen (secondary N) is 1. The van der Waals surface area contributed by atoms with Gasteiger partial charge in [-0.25, -0.2) is 4.39 Å². The lowest BCUT2D eigenvalue weighted by Gasteiger charge is -2.20. The molecule has 0 bridgehead atoms. The molecule has 0 saturated carbocycles. The van der Waals surface area contributed by atoms with Crippen LogP contribution in [0, 0.1) is 11.2 Å². The largest absolute Gasteiger partial charge is 0.493 e. The second kappa shape index (κ2) is 9.96. The summed E-state index contributed by atoms with van der Waals surface area (Å²) in [6, 6.07) is 18.4. The quantitative estimate of drug-likeness (QED) is 0.419. The Kier molecular flexibility index (Phi) is 6.58. The van der Waals surface area contributed by atoms with Crippen LogP contribution in [0.4, 0.5) is 4.39 Å². The Balaban J connectivity index is 1.38. The topological polar surface area (TPSA) is 87.3 Å². The van der Waals surface area contributed by atoms with Gasteiger partial charge in [0.05, 0.1) is 17.7 Å². The van der Waals surface area contributed by atoms with Gasteiger partial charge in [-0.2, -0.15) is 15.1 Å². The summed E-state index contributed by atoms with van der Waals surface area (Å²) in [6.45, 7) is 0.232. The minimum absolute atomic E-state index is 0.0878. The molecule has 180 valence electrons. The molecule has 2 aliphatic heterocycles. The highest BCUT2D eigenvalue weighted by molar-refractivity contribution is 8.27. The van der Waals surface area contributed by atoms with Crippen LogP contribution in [0.1, 0.15) is 16.7 Å². The van der Waals surface area contributed by atoms with Crippen LogP contribution in [0.2, 0.25) is 5.02 Å². The van der Waals surface area contributed by atoms with Crippen molar-refractivity contribution in [1.82, 2.24) is 5.01 Å². The van der Waals surface area contributed by atoms with Crippen LogP contribution in [0.25, 0.3) is 6.08 Å². The van der Waals surface area contributed by atoms with E-state index in [1.54, 1.807) is 42.5 Å². The van der Waals surface area contributed by atoms with Crippen molar-refractivity contribution in [1.29, 1.82) is 5.41 Å². The first kappa shape index (κ1) is 23.8. The molecule has 7 nitrogen and oxygen atoms in total. The molecule has 10 heteroatoms. The van der Waals surface area contributed by atoms with E-state index < -0.39 is 5.91 Å². The molecule has 2 heterocycles. The first-order valence-corrected chi connectivity index (χ1v) is 11.9. The second-order valence-corrected chi connectivity index (χ2v) is 9.09. The zero-order chi connectivity index (χ0) is 25.2. The summed E-state index contributed by atoms with van der Waals surface area (Å²) >= 11 is 7.47. The summed E-state index contributed by atoms with van der Waals surface area (Å²) in [5.74, 6) is -0.00752. The van der Waals surface area contributed by atoms with Crippen LogP contribution in [0.5, 0.6) is 11.5 Å². The first-order valence-electron chi connectivity index (χ1n) is 10.7. The number of fused-ring (bicyclic) bond motifs is 1. The molecule has 1 amide bonds. The van der Waals surface area contributed by atoms with Gasteiger partial charge in [0.15, 0.2) is 17.3 Å². The van der Waals surface area contributed by atoms with E-state index >= 15 is 0 Å². The zero-order valence-corrected chi connectivity index (χ0v) is 20.4. The van der Waals surface area contributed by atoms with Gasteiger partial charge in [0.1, 0.15) is 17.5 Å². The molecule has 0 fully saturated rings. The van der Waals surface area contributed by atoms with E-state index in [9.17, 15) is 9.18 Å². The van der Waals surface area contributed by atoms with Crippen LogP contribution in [-0.4, -0.2) is 34.1 Å². The average molecular weight is 521 g/mol. The second-order valence-electron chi connectivity index (χ2n) is 7.73. The third-order valence-electron chi connectivity index (χ3n) is 5.37. The van der Waals surface area contributed by atoms with E-state index in [-0.39, 0.29) is 23.8 Å². The molecule has 3 aromatic rings. The fraction of sp³-hybridized carbons (Fsp3) is 0.0769. The number of nitrogens with zero attached hydrogens (tertiary/aromatic N) is 3. The monoisotopic (exact) mass is 520 g/mol. The highest BCUT2D eigenvalue weighted by Crippen LogP contribution is 2.34. The summed E-state index contributed by atoms with van der Waals surface area (Å²) < 4.78 is 24.4. The van der Waals surface area contributed by atoms with Crippen LogP contribution in [0.15, 0.2) is 82.4 Å². The maximum absolute atomic E-state index is 13.1. The molecule has 2 aliphatic rings. The fourth-order valence-electron chi connectivity index (χ4n) is 3.54. The van der Waals surface area contributed by atoms with Crippen molar-refractivity contribution in [3.63, 3.8) is 0 Å². The molecular weight excluding hydrogens is 503 g/mol. The van der Waals surface area contributed by atoms with Gasteiger partial charge in [-0.1, -0.05) is 48.0 Å². The number of rotatable bonds is 6. The smallest absolute Gasteiger partial charge is 0.283 e. The molecule has 1 N–H and O–H groups in total. The number of hydrogen-bond donors (Lipinski definition) is 1. The first-order chi connectivity index (χ1) is 17.4. The number of thioether (sulfide) groups is 1. The van der Waals surface area contributed by atoms with Crippen molar-refractivity contribution in [2.45, 2.75) is 6.61 Å². The Labute approximate surface area is 215 Å². The maximum atomic E-state index is 13.1. The van der Waals surface area contributed by atoms with Gasteiger partial charge < -0.3 is 9.47 Å². The van der Waals surface area contributed by atoms with Gasteiger partial charge in [-0.15, -0.1) is 0 Å². The molecule has 0 saturated heterocycles. The van der Waals surface area contributed by atoms with Crippen molar-refractivity contribution in [2.24, 2.45) is 10.1 Å². The zero-order valence-electron chi connectivity index (χ0n) is 18.9. The number of ether oxygens (including phenoxy) is 2. The SMILES string of the molecule is COc1cc(C=C2C(=N)N3N=C(c4ccccc4Cl)SC3=NC2=O)ccc1OCc1ccc(F)cc1. The molecule has 36 heavy (non-hydrogen) atoms. The van der Waals surface area contributed by atoms with Gasteiger partial charge in [-0.3, -0.25) is 10.2 Å². The molecule has 0 aromatic heterocycles. The van der Waals surface area contributed by atoms with E-state index in [4.69, 9.17) is 26.5 Å². The lowest BCUT2D eigenvalue weighted by atomic mass is 10.1. The molecule has 0 aliphatic carbocycles. The molecule has 5 rings (SSSR count). The number of methoxy groups -OCH3 is 1. The highest BCUT2D eigenvalue weighted by Gasteiger charge is 2.36. The number of hydrogen-bond acceptors (Lipinski definition) is 6. The number of halogens is 2. The Morgan fingerprint density at radius 1 is 1.11 bits per heavy atom. The Bertz CT molecular complexity index is 1470. The van der Waals surface area contributed by atoms with E-state index in [0.717, 1.165) is 5.56 Å². The minimum Gasteiger partial charge on any atom is -0.493 e. The highest BCUT2D eigenvalue weighted by atomic mass is 35.5. The van der Waals surface area contributed by atoms with Crippen molar-refractivity contribution in [3.05, 3.63) is 99.8 Å². The predicted molar refractivity (Wildman–Crippen MR) is 139 cm³/mol. The lowest BCUT2D eigenvalue weighted by molar-refractivity contribution is -0.114. The third kappa shape index (κ3) is 4.75. The molecule has 0 atom stereocenters. The summed E-state index contributed by atoms with van der Waals surface area (Å²) in [4.78, 5) is 16.9. The fourth-order valence-corrected chi connectivity index (χ4v) is 4.75. The van der Waals surface area contributed by atoms with Crippen molar-refractivity contribution in [2.75, 3.05) is 7.11 Å². The number of amides is 1. The number of aliphatic imine (C=N–C) groups is 1. The average Bonchev–Trinajstić information content (AvgIpc) is 3.30. The summed E-state index contributed by atoms with van der Waals surface area (Å²) in [5, 5.41) is 15.8. The van der Waals surface area contributed by atoms with Gasteiger partial charge in [0.25, 0.3) is 5.91 Å². The Morgan fingerprint density at radius 3 is 2.64 bits per heavy atom.